The van der Waals surface area contributed by atoms with Crippen molar-refractivity contribution in [3.63, 3.8) is 0 Å². The highest BCUT2D eigenvalue weighted by atomic mass is 32.2. The lowest BCUT2D eigenvalue weighted by atomic mass is 10.2. The molecule has 80 valence electrons. The third-order valence-electron chi connectivity index (χ3n) is 1.70. The first kappa shape index (κ1) is 11.6. The van der Waals surface area contributed by atoms with Gasteiger partial charge in [0.2, 0.25) is 0 Å². The van der Waals surface area contributed by atoms with E-state index in [1.165, 1.54) is 7.11 Å². The maximum Gasteiger partial charge on any atom is 0.313 e. The molecule has 0 fully saturated rings. The van der Waals surface area contributed by atoms with Crippen molar-refractivity contribution in [1.29, 1.82) is 0 Å². The van der Waals surface area contributed by atoms with E-state index in [0.717, 1.165) is 11.8 Å². The normalized spacial score (nSPS) is 9.67. The highest BCUT2D eigenvalue weighted by molar-refractivity contribution is 8.00. The first-order chi connectivity index (χ1) is 7.19. The zero-order chi connectivity index (χ0) is 11.3. The van der Waals surface area contributed by atoms with Gasteiger partial charge in [0.05, 0.1) is 17.8 Å². The summed E-state index contributed by atoms with van der Waals surface area (Å²) in [6, 6.07) is 5.00. The molecule has 15 heavy (non-hydrogen) atoms. The highest BCUT2D eigenvalue weighted by Crippen LogP contribution is 2.31. The standard InChI is InChI=1S/C10H10O4S/c1-14-8-4-2-3-7(5-11)10(8)15-6-9(12)13/h2-5H,6H2,1H3,(H,12,13). The summed E-state index contributed by atoms with van der Waals surface area (Å²) in [4.78, 5) is 21.7. The van der Waals surface area contributed by atoms with E-state index in [-0.39, 0.29) is 5.75 Å². The van der Waals surface area contributed by atoms with E-state index in [0.29, 0.717) is 22.5 Å². The minimum absolute atomic E-state index is 0.0960. The second kappa shape index (κ2) is 5.41. The van der Waals surface area contributed by atoms with Gasteiger partial charge in [-0.3, -0.25) is 9.59 Å². The average Bonchev–Trinajstić information content (AvgIpc) is 2.25. The summed E-state index contributed by atoms with van der Waals surface area (Å²) in [6.45, 7) is 0. The largest absolute Gasteiger partial charge is 0.496 e. The second-order valence-corrected chi connectivity index (χ2v) is 3.66. The molecule has 1 rings (SSSR count). The molecule has 0 bridgehead atoms. The number of ether oxygens (including phenoxy) is 1. The number of carboxylic acids is 1. The molecule has 0 aliphatic rings. The van der Waals surface area contributed by atoms with Gasteiger partial charge in [-0.15, -0.1) is 11.8 Å². The zero-order valence-corrected chi connectivity index (χ0v) is 8.91. The number of thioether (sulfide) groups is 1. The lowest BCUT2D eigenvalue weighted by Crippen LogP contribution is -2.00. The van der Waals surface area contributed by atoms with Crippen molar-refractivity contribution in [3.8, 4) is 5.75 Å². The van der Waals surface area contributed by atoms with E-state index in [2.05, 4.69) is 0 Å². The van der Waals surface area contributed by atoms with Gasteiger partial charge in [0.15, 0.2) is 6.29 Å². The lowest BCUT2D eigenvalue weighted by Gasteiger charge is -2.08. The number of benzene rings is 1. The molecule has 0 saturated carbocycles. The Morgan fingerprint density at radius 3 is 2.87 bits per heavy atom. The zero-order valence-electron chi connectivity index (χ0n) is 8.10. The number of aliphatic carboxylic acids is 1. The van der Waals surface area contributed by atoms with E-state index in [1.54, 1.807) is 18.2 Å². The number of rotatable bonds is 5. The molecule has 0 spiro atoms. The van der Waals surface area contributed by atoms with Gasteiger partial charge in [0.1, 0.15) is 5.75 Å². The molecule has 4 nitrogen and oxygen atoms in total. The summed E-state index contributed by atoms with van der Waals surface area (Å²) < 4.78 is 5.05. The fourth-order valence-electron chi connectivity index (χ4n) is 1.07. The van der Waals surface area contributed by atoms with Crippen molar-refractivity contribution in [2.24, 2.45) is 0 Å². The minimum atomic E-state index is -0.928. The van der Waals surface area contributed by atoms with Crippen molar-refractivity contribution in [2.45, 2.75) is 4.90 Å². The van der Waals surface area contributed by atoms with Gasteiger partial charge < -0.3 is 9.84 Å². The average molecular weight is 226 g/mol. The van der Waals surface area contributed by atoms with Crippen LogP contribution in [0.4, 0.5) is 0 Å². The third kappa shape index (κ3) is 2.99. The first-order valence-electron chi connectivity index (χ1n) is 4.15. The summed E-state index contributed by atoms with van der Waals surface area (Å²) in [5, 5.41) is 8.55. The van der Waals surface area contributed by atoms with E-state index in [1.807, 2.05) is 0 Å². The topological polar surface area (TPSA) is 63.6 Å². The molecule has 1 aromatic rings. The quantitative estimate of drug-likeness (QED) is 0.611. The van der Waals surface area contributed by atoms with Crippen LogP contribution in [0.25, 0.3) is 0 Å². The van der Waals surface area contributed by atoms with Crippen LogP contribution in [-0.2, 0) is 4.79 Å². The van der Waals surface area contributed by atoms with Gasteiger partial charge in [-0.1, -0.05) is 12.1 Å². The fourth-order valence-corrected chi connectivity index (χ4v) is 1.92. The van der Waals surface area contributed by atoms with E-state index >= 15 is 0 Å². The number of hydrogen-bond acceptors (Lipinski definition) is 4. The van der Waals surface area contributed by atoms with Gasteiger partial charge in [-0.05, 0) is 6.07 Å². The molecular formula is C10H10O4S. The van der Waals surface area contributed by atoms with Crippen molar-refractivity contribution in [2.75, 3.05) is 12.9 Å². The van der Waals surface area contributed by atoms with Crippen LogP contribution in [0, 0.1) is 0 Å². The predicted molar refractivity (Wildman–Crippen MR) is 56.7 cm³/mol. The molecule has 0 amide bonds. The van der Waals surface area contributed by atoms with E-state index in [9.17, 15) is 9.59 Å². The van der Waals surface area contributed by atoms with Crippen molar-refractivity contribution < 1.29 is 19.4 Å². The number of methoxy groups -OCH3 is 1. The minimum Gasteiger partial charge on any atom is -0.496 e. The molecular weight excluding hydrogens is 216 g/mol. The summed E-state index contributed by atoms with van der Waals surface area (Å²) in [6.07, 6.45) is 0.687. The Hall–Kier alpha value is -1.49. The Labute approximate surface area is 91.2 Å². The van der Waals surface area contributed by atoms with Crippen molar-refractivity contribution in [3.05, 3.63) is 23.8 Å². The molecule has 0 unspecified atom stereocenters. The Morgan fingerprint density at radius 1 is 1.60 bits per heavy atom. The molecule has 0 atom stereocenters. The first-order valence-corrected chi connectivity index (χ1v) is 5.14. The SMILES string of the molecule is COc1cccc(C=O)c1SCC(=O)O. The van der Waals surface area contributed by atoms with Crippen LogP contribution in [0.5, 0.6) is 5.75 Å². The van der Waals surface area contributed by atoms with Gasteiger partial charge in [0.25, 0.3) is 0 Å². The number of carbonyl (C=O) groups excluding carboxylic acids is 1. The summed E-state index contributed by atoms with van der Waals surface area (Å²) in [5.74, 6) is -0.505. The Bertz CT molecular complexity index is 376. The predicted octanol–water partition coefficient (Wildman–Crippen LogP) is 1.68. The van der Waals surface area contributed by atoms with Crippen LogP contribution in [0.1, 0.15) is 10.4 Å². The van der Waals surface area contributed by atoms with Gasteiger partial charge in [-0.2, -0.15) is 0 Å². The van der Waals surface area contributed by atoms with E-state index in [4.69, 9.17) is 9.84 Å². The second-order valence-electron chi connectivity index (χ2n) is 2.68. The number of aldehydes is 1. The van der Waals surface area contributed by atoms with Crippen molar-refractivity contribution in [1.82, 2.24) is 0 Å². The third-order valence-corrected chi connectivity index (χ3v) is 2.81. The van der Waals surface area contributed by atoms with Gasteiger partial charge in [0, 0.05) is 5.56 Å². The maximum atomic E-state index is 10.7. The molecule has 0 radical (unpaired) electrons. The molecule has 1 aromatic carbocycles. The summed E-state index contributed by atoms with van der Waals surface area (Å²) >= 11 is 1.08. The van der Waals surface area contributed by atoms with Crippen LogP contribution < -0.4 is 4.74 Å². The molecule has 0 saturated heterocycles. The Kier molecular flexibility index (Phi) is 4.17. The molecule has 0 aliphatic carbocycles. The van der Waals surface area contributed by atoms with Crippen LogP contribution in [0.2, 0.25) is 0 Å². The Balaban J connectivity index is 2.99. The summed E-state index contributed by atoms with van der Waals surface area (Å²) in [5.41, 5.74) is 0.445. The van der Waals surface area contributed by atoms with Crippen LogP contribution in [0.3, 0.4) is 0 Å². The maximum absolute atomic E-state index is 10.7. The van der Waals surface area contributed by atoms with Gasteiger partial charge in [-0.25, -0.2) is 0 Å². The number of carboxylic acid groups (broad SMARTS) is 1. The highest BCUT2D eigenvalue weighted by Gasteiger charge is 2.10. The van der Waals surface area contributed by atoms with Crippen LogP contribution in [-0.4, -0.2) is 30.2 Å². The van der Waals surface area contributed by atoms with E-state index < -0.39 is 5.97 Å². The lowest BCUT2D eigenvalue weighted by molar-refractivity contribution is -0.133. The molecule has 0 aromatic heterocycles. The monoisotopic (exact) mass is 226 g/mol. The van der Waals surface area contributed by atoms with Crippen LogP contribution >= 0.6 is 11.8 Å². The van der Waals surface area contributed by atoms with Crippen molar-refractivity contribution >= 4 is 24.0 Å². The van der Waals surface area contributed by atoms with Gasteiger partial charge >= 0.3 is 5.97 Å². The smallest absolute Gasteiger partial charge is 0.313 e. The summed E-state index contributed by atoms with van der Waals surface area (Å²) in [7, 11) is 1.48. The fraction of sp³-hybridized carbons (Fsp3) is 0.200. The molecule has 0 aliphatic heterocycles. The molecule has 1 N–H and O–H groups in total. The number of hydrogen-bond donors (Lipinski definition) is 1. The molecule has 0 heterocycles. The molecule has 5 heteroatoms. The Morgan fingerprint density at radius 2 is 2.33 bits per heavy atom. The number of carbonyl (C=O) groups is 2. The van der Waals surface area contributed by atoms with Crippen LogP contribution in [0.15, 0.2) is 23.1 Å².